The summed E-state index contributed by atoms with van der Waals surface area (Å²) in [5.74, 6) is 0.0613. The van der Waals surface area contributed by atoms with Crippen molar-refractivity contribution in [3.8, 4) is 0 Å². The van der Waals surface area contributed by atoms with Crippen LogP contribution in [0, 0.1) is 5.41 Å². The molecule has 3 N–H and O–H groups in total. The SMILES string of the molecule is CCC(CC)(CN)C(=O)NCc1cccn1C. The zero-order chi connectivity index (χ0) is 12.9. The lowest BCUT2D eigenvalue weighted by Gasteiger charge is -2.28. The molecule has 1 aromatic rings. The third-order valence-corrected chi connectivity index (χ3v) is 3.71. The summed E-state index contributed by atoms with van der Waals surface area (Å²) in [5, 5.41) is 2.98. The van der Waals surface area contributed by atoms with E-state index in [1.54, 1.807) is 0 Å². The standard InChI is InChI=1S/C13H23N3O/c1-4-13(5-2,10-14)12(17)15-9-11-7-6-8-16(11)3/h6-8H,4-5,9-10,14H2,1-3H3,(H,15,17). The van der Waals surface area contributed by atoms with Crippen molar-refractivity contribution >= 4 is 5.91 Å². The topological polar surface area (TPSA) is 60.1 Å². The first-order chi connectivity index (χ1) is 8.09. The lowest BCUT2D eigenvalue weighted by Crippen LogP contribution is -2.45. The van der Waals surface area contributed by atoms with E-state index in [9.17, 15) is 4.79 Å². The van der Waals surface area contributed by atoms with Crippen molar-refractivity contribution in [2.24, 2.45) is 18.2 Å². The van der Waals surface area contributed by atoms with Crippen LogP contribution in [0.25, 0.3) is 0 Å². The first kappa shape index (κ1) is 13.8. The van der Waals surface area contributed by atoms with Crippen molar-refractivity contribution in [2.75, 3.05) is 6.54 Å². The largest absolute Gasteiger partial charge is 0.353 e. The van der Waals surface area contributed by atoms with Crippen molar-refractivity contribution in [3.63, 3.8) is 0 Å². The molecule has 0 aliphatic heterocycles. The van der Waals surface area contributed by atoms with E-state index >= 15 is 0 Å². The number of rotatable bonds is 6. The van der Waals surface area contributed by atoms with Gasteiger partial charge in [0.25, 0.3) is 0 Å². The van der Waals surface area contributed by atoms with Gasteiger partial charge in [-0.3, -0.25) is 4.79 Å². The molecule has 0 bridgehead atoms. The Hall–Kier alpha value is -1.29. The van der Waals surface area contributed by atoms with E-state index in [0.717, 1.165) is 18.5 Å². The molecule has 0 unspecified atom stereocenters. The first-order valence-electron chi connectivity index (χ1n) is 6.18. The van der Waals surface area contributed by atoms with Gasteiger partial charge in [-0.1, -0.05) is 13.8 Å². The molecule has 0 aromatic carbocycles. The van der Waals surface area contributed by atoms with Gasteiger partial charge in [-0.25, -0.2) is 0 Å². The van der Waals surface area contributed by atoms with Crippen LogP contribution in [-0.4, -0.2) is 17.0 Å². The molecule has 0 saturated heterocycles. The Morgan fingerprint density at radius 1 is 1.47 bits per heavy atom. The average Bonchev–Trinajstić information content (AvgIpc) is 2.75. The van der Waals surface area contributed by atoms with E-state index in [1.807, 2.05) is 43.8 Å². The van der Waals surface area contributed by atoms with Gasteiger partial charge in [-0.2, -0.15) is 0 Å². The van der Waals surface area contributed by atoms with Crippen molar-refractivity contribution in [3.05, 3.63) is 24.0 Å². The molecule has 4 nitrogen and oxygen atoms in total. The van der Waals surface area contributed by atoms with Gasteiger partial charge in [-0.15, -0.1) is 0 Å². The van der Waals surface area contributed by atoms with Gasteiger partial charge in [-0.05, 0) is 25.0 Å². The number of nitrogens with one attached hydrogen (secondary N) is 1. The Bertz CT molecular complexity index is 358. The highest BCUT2D eigenvalue weighted by molar-refractivity contribution is 5.82. The third kappa shape index (κ3) is 2.88. The van der Waals surface area contributed by atoms with Crippen LogP contribution >= 0.6 is 0 Å². The molecule has 1 heterocycles. The highest BCUT2D eigenvalue weighted by atomic mass is 16.2. The highest BCUT2D eigenvalue weighted by Gasteiger charge is 2.32. The molecule has 17 heavy (non-hydrogen) atoms. The molecule has 0 atom stereocenters. The minimum atomic E-state index is -0.412. The average molecular weight is 237 g/mol. The monoisotopic (exact) mass is 237 g/mol. The molecule has 0 aliphatic rings. The summed E-state index contributed by atoms with van der Waals surface area (Å²) in [5.41, 5.74) is 6.42. The van der Waals surface area contributed by atoms with Crippen LogP contribution < -0.4 is 11.1 Å². The summed E-state index contributed by atoms with van der Waals surface area (Å²) in [6, 6.07) is 3.97. The van der Waals surface area contributed by atoms with E-state index in [2.05, 4.69) is 5.32 Å². The Balaban J connectivity index is 2.63. The van der Waals surface area contributed by atoms with E-state index < -0.39 is 5.41 Å². The normalized spacial score (nSPS) is 11.5. The molecule has 4 heteroatoms. The first-order valence-corrected chi connectivity index (χ1v) is 6.18. The van der Waals surface area contributed by atoms with E-state index in [-0.39, 0.29) is 5.91 Å². The Kier molecular flexibility index (Phi) is 4.75. The molecule has 0 spiro atoms. The summed E-state index contributed by atoms with van der Waals surface area (Å²) >= 11 is 0. The molecular formula is C13H23N3O. The number of carbonyl (C=O) groups is 1. The summed E-state index contributed by atoms with van der Waals surface area (Å²) in [7, 11) is 1.97. The number of hydrogen-bond donors (Lipinski definition) is 2. The van der Waals surface area contributed by atoms with Crippen molar-refractivity contribution < 1.29 is 4.79 Å². The molecule has 0 saturated carbocycles. The number of aryl methyl sites for hydroxylation is 1. The molecule has 0 aliphatic carbocycles. The quantitative estimate of drug-likeness (QED) is 0.786. The van der Waals surface area contributed by atoms with E-state index in [4.69, 9.17) is 5.73 Å². The van der Waals surface area contributed by atoms with Crippen LogP contribution in [0.4, 0.5) is 0 Å². The molecule has 0 radical (unpaired) electrons. The maximum Gasteiger partial charge on any atom is 0.227 e. The lowest BCUT2D eigenvalue weighted by molar-refractivity contribution is -0.131. The number of aromatic nitrogens is 1. The summed E-state index contributed by atoms with van der Waals surface area (Å²) in [4.78, 5) is 12.2. The van der Waals surface area contributed by atoms with Crippen molar-refractivity contribution in [1.82, 2.24) is 9.88 Å². The van der Waals surface area contributed by atoms with Gasteiger partial charge in [0.15, 0.2) is 0 Å². The Morgan fingerprint density at radius 3 is 2.53 bits per heavy atom. The van der Waals surface area contributed by atoms with Crippen molar-refractivity contribution in [1.29, 1.82) is 0 Å². The fourth-order valence-corrected chi connectivity index (χ4v) is 1.99. The van der Waals surface area contributed by atoms with Gasteiger partial charge >= 0.3 is 0 Å². The fourth-order valence-electron chi connectivity index (χ4n) is 1.99. The van der Waals surface area contributed by atoms with Crippen LogP contribution in [0.5, 0.6) is 0 Å². The number of nitrogens with zero attached hydrogens (tertiary/aromatic N) is 1. The van der Waals surface area contributed by atoms with Gasteiger partial charge in [0.1, 0.15) is 0 Å². The molecular weight excluding hydrogens is 214 g/mol. The van der Waals surface area contributed by atoms with Crippen molar-refractivity contribution in [2.45, 2.75) is 33.2 Å². The Morgan fingerprint density at radius 2 is 2.12 bits per heavy atom. The van der Waals surface area contributed by atoms with Gasteiger partial charge in [0, 0.05) is 25.5 Å². The second-order valence-electron chi connectivity index (χ2n) is 4.48. The minimum Gasteiger partial charge on any atom is -0.353 e. The summed E-state index contributed by atoms with van der Waals surface area (Å²) in [6.07, 6.45) is 3.52. The Labute approximate surface area is 103 Å². The molecule has 1 aromatic heterocycles. The summed E-state index contributed by atoms with van der Waals surface area (Å²) in [6.45, 7) is 4.99. The number of hydrogen-bond acceptors (Lipinski definition) is 2. The zero-order valence-electron chi connectivity index (χ0n) is 11.0. The van der Waals surface area contributed by atoms with Gasteiger partial charge in [0.05, 0.1) is 12.0 Å². The maximum absolute atomic E-state index is 12.2. The fraction of sp³-hybridized carbons (Fsp3) is 0.615. The van der Waals surface area contributed by atoms with Crippen LogP contribution in [-0.2, 0) is 18.4 Å². The lowest BCUT2D eigenvalue weighted by atomic mass is 9.81. The van der Waals surface area contributed by atoms with Crippen LogP contribution in [0.3, 0.4) is 0 Å². The zero-order valence-corrected chi connectivity index (χ0v) is 11.0. The van der Waals surface area contributed by atoms with Crippen LogP contribution in [0.15, 0.2) is 18.3 Å². The van der Waals surface area contributed by atoms with Crippen LogP contribution in [0.1, 0.15) is 32.4 Å². The smallest absolute Gasteiger partial charge is 0.227 e. The molecule has 96 valence electrons. The van der Waals surface area contributed by atoms with Gasteiger partial charge < -0.3 is 15.6 Å². The van der Waals surface area contributed by atoms with E-state index in [1.165, 1.54) is 0 Å². The maximum atomic E-state index is 12.2. The second-order valence-corrected chi connectivity index (χ2v) is 4.48. The predicted octanol–water partition coefficient (Wildman–Crippen LogP) is 1.41. The minimum absolute atomic E-state index is 0.0613. The molecule has 1 rings (SSSR count). The predicted molar refractivity (Wildman–Crippen MR) is 69.3 cm³/mol. The van der Waals surface area contributed by atoms with Gasteiger partial charge in [0.2, 0.25) is 5.91 Å². The number of amides is 1. The number of nitrogens with two attached hydrogens (primary N) is 1. The highest BCUT2D eigenvalue weighted by Crippen LogP contribution is 2.25. The summed E-state index contributed by atoms with van der Waals surface area (Å²) < 4.78 is 2.00. The molecule has 0 fully saturated rings. The second kappa shape index (κ2) is 5.87. The number of carbonyl (C=O) groups excluding carboxylic acids is 1. The third-order valence-electron chi connectivity index (χ3n) is 3.71. The van der Waals surface area contributed by atoms with E-state index in [0.29, 0.717) is 13.1 Å². The van der Waals surface area contributed by atoms with Crippen LogP contribution in [0.2, 0.25) is 0 Å². The molecule has 1 amide bonds.